The molecular weight excluding hydrogens is 470 g/mol. The maximum absolute atomic E-state index is 12.6. The summed E-state index contributed by atoms with van der Waals surface area (Å²) < 4.78 is 5.55. The van der Waals surface area contributed by atoms with E-state index in [1.807, 2.05) is 6.07 Å². The molecule has 0 aliphatic heterocycles. The fourth-order valence-electron chi connectivity index (χ4n) is 2.50. The van der Waals surface area contributed by atoms with E-state index in [0.717, 1.165) is 0 Å². The quantitative estimate of drug-likeness (QED) is 0.389. The van der Waals surface area contributed by atoms with Crippen LogP contribution >= 0.6 is 46.4 Å². The molecule has 0 fully saturated rings. The molecular formula is C21H14Cl4N2O3. The smallest absolute Gasteiger partial charge is 0.262 e. The van der Waals surface area contributed by atoms with Crippen LogP contribution < -0.4 is 15.4 Å². The molecule has 2 N–H and O–H groups in total. The first-order chi connectivity index (χ1) is 14.4. The van der Waals surface area contributed by atoms with Crippen molar-refractivity contribution in [2.45, 2.75) is 0 Å². The van der Waals surface area contributed by atoms with Crippen molar-refractivity contribution in [1.29, 1.82) is 0 Å². The summed E-state index contributed by atoms with van der Waals surface area (Å²) in [5, 5.41) is 5.69. The molecule has 30 heavy (non-hydrogen) atoms. The molecule has 0 aliphatic carbocycles. The molecule has 154 valence electrons. The van der Waals surface area contributed by atoms with Crippen molar-refractivity contribution in [2.75, 3.05) is 17.2 Å². The lowest BCUT2D eigenvalue weighted by Gasteiger charge is -2.14. The van der Waals surface area contributed by atoms with Gasteiger partial charge in [-0.05, 0) is 30.3 Å². The molecule has 0 bridgehead atoms. The number of amides is 2. The van der Waals surface area contributed by atoms with Crippen LogP contribution in [0.1, 0.15) is 10.4 Å². The van der Waals surface area contributed by atoms with Gasteiger partial charge in [-0.1, -0.05) is 76.7 Å². The third-order valence-electron chi connectivity index (χ3n) is 3.90. The fraction of sp³-hybridized carbons (Fsp3) is 0.0476. The molecule has 0 heterocycles. The molecule has 2 amide bonds. The van der Waals surface area contributed by atoms with Crippen LogP contribution in [0.2, 0.25) is 20.1 Å². The maximum Gasteiger partial charge on any atom is 0.262 e. The average molecular weight is 484 g/mol. The van der Waals surface area contributed by atoms with Gasteiger partial charge in [-0.3, -0.25) is 9.59 Å². The number of hydrogen-bond donors (Lipinski definition) is 2. The van der Waals surface area contributed by atoms with Crippen molar-refractivity contribution < 1.29 is 14.3 Å². The lowest BCUT2D eigenvalue weighted by atomic mass is 10.2. The van der Waals surface area contributed by atoms with E-state index >= 15 is 0 Å². The number of carbonyl (C=O) groups excluding carboxylic acids is 2. The minimum Gasteiger partial charge on any atom is -0.483 e. The normalized spacial score (nSPS) is 10.4. The van der Waals surface area contributed by atoms with E-state index in [4.69, 9.17) is 51.1 Å². The second-order valence-corrected chi connectivity index (χ2v) is 7.57. The number of nitrogens with one attached hydrogen (secondary N) is 2. The monoisotopic (exact) mass is 482 g/mol. The second kappa shape index (κ2) is 10.0. The first kappa shape index (κ1) is 22.2. The molecule has 0 unspecified atom stereocenters. The summed E-state index contributed by atoms with van der Waals surface area (Å²) in [5.74, 6) is -0.692. The van der Waals surface area contributed by atoms with Gasteiger partial charge < -0.3 is 15.4 Å². The second-order valence-electron chi connectivity index (χ2n) is 6.00. The van der Waals surface area contributed by atoms with Crippen molar-refractivity contribution in [3.8, 4) is 5.75 Å². The number of ether oxygens (including phenoxy) is 1. The van der Waals surface area contributed by atoms with Crippen LogP contribution in [-0.4, -0.2) is 18.4 Å². The van der Waals surface area contributed by atoms with Crippen LogP contribution in [0.5, 0.6) is 5.75 Å². The Hall–Kier alpha value is -2.44. The molecule has 5 nitrogen and oxygen atoms in total. The molecule has 3 aromatic rings. The highest BCUT2D eigenvalue weighted by Gasteiger charge is 2.18. The SMILES string of the molecule is O=C(COc1ccccc1C(=O)Nc1ccccc1)Nc1c(Cl)c(Cl)cc(Cl)c1Cl. The summed E-state index contributed by atoms with van der Waals surface area (Å²) in [4.78, 5) is 24.9. The van der Waals surface area contributed by atoms with E-state index in [0.29, 0.717) is 5.69 Å². The zero-order valence-corrected chi connectivity index (χ0v) is 18.2. The molecule has 0 saturated carbocycles. The van der Waals surface area contributed by atoms with Crippen molar-refractivity contribution in [2.24, 2.45) is 0 Å². The lowest BCUT2D eigenvalue weighted by molar-refractivity contribution is -0.118. The number of hydrogen-bond acceptors (Lipinski definition) is 3. The largest absolute Gasteiger partial charge is 0.483 e. The first-order valence-corrected chi connectivity index (χ1v) is 10.1. The van der Waals surface area contributed by atoms with Crippen LogP contribution in [0.25, 0.3) is 0 Å². The molecule has 0 aliphatic rings. The molecule has 0 spiro atoms. The lowest BCUT2D eigenvalue weighted by Crippen LogP contribution is -2.22. The molecule has 0 atom stereocenters. The third-order valence-corrected chi connectivity index (χ3v) is 5.47. The Labute approximate surface area is 192 Å². The minimum absolute atomic E-state index is 0.0575. The van der Waals surface area contributed by atoms with Gasteiger partial charge in [0.2, 0.25) is 0 Å². The minimum atomic E-state index is -0.560. The maximum atomic E-state index is 12.6. The first-order valence-electron chi connectivity index (χ1n) is 8.58. The van der Waals surface area contributed by atoms with E-state index in [9.17, 15) is 9.59 Å². The Kier molecular flexibility index (Phi) is 7.45. The van der Waals surface area contributed by atoms with Crippen molar-refractivity contribution in [3.63, 3.8) is 0 Å². The number of para-hydroxylation sites is 2. The summed E-state index contributed by atoms with van der Waals surface area (Å²) in [5.41, 5.74) is 0.993. The molecule has 3 rings (SSSR count). The van der Waals surface area contributed by atoms with Crippen LogP contribution in [0.15, 0.2) is 60.7 Å². The Morgan fingerprint density at radius 1 is 0.800 bits per heavy atom. The van der Waals surface area contributed by atoms with Crippen LogP contribution in [0.4, 0.5) is 11.4 Å². The molecule has 0 aromatic heterocycles. The van der Waals surface area contributed by atoms with Crippen LogP contribution in [0, 0.1) is 0 Å². The highest BCUT2D eigenvalue weighted by molar-refractivity contribution is 6.50. The highest BCUT2D eigenvalue weighted by atomic mass is 35.5. The number of carbonyl (C=O) groups is 2. The van der Waals surface area contributed by atoms with Crippen LogP contribution in [0.3, 0.4) is 0 Å². The summed E-state index contributed by atoms with van der Waals surface area (Å²) in [7, 11) is 0. The van der Waals surface area contributed by atoms with Gasteiger partial charge in [-0.25, -0.2) is 0 Å². The third kappa shape index (κ3) is 5.37. The van der Waals surface area contributed by atoms with Crippen LogP contribution in [-0.2, 0) is 4.79 Å². The fourth-order valence-corrected chi connectivity index (χ4v) is 3.41. The zero-order valence-electron chi connectivity index (χ0n) is 15.2. The van der Waals surface area contributed by atoms with Crippen molar-refractivity contribution in [3.05, 3.63) is 86.3 Å². The number of anilines is 2. The van der Waals surface area contributed by atoms with Crippen molar-refractivity contribution in [1.82, 2.24) is 0 Å². The molecule has 3 aromatic carbocycles. The van der Waals surface area contributed by atoms with Gasteiger partial charge in [-0.15, -0.1) is 0 Å². The van der Waals surface area contributed by atoms with E-state index in [1.165, 1.54) is 6.07 Å². The summed E-state index contributed by atoms with van der Waals surface area (Å²) in [6.45, 7) is -0.396. The predicted octanol–water partition coefficient (Wildman–Crippen LogP) is 6.57. The van der Waals surface area contributed by atoms with Gasteiger partial charge in [0.15, 0.2) is 6.61 Å². The topological polar surface area (TPSA) is 67.4 Å². The number of rotatable bonds is 6. The summed E-state index contributed by atoms with van der Waals surface area (Å²) in [6, 6.07) is 16.9. The van der Waals surface area contributed by atoms with E-state index in [1.54, 1.807) is 48.5 Å². The summed E-state index contributed by atoms with van der Waals surface area (Å²) in [6.07, 6.45) is 0. The number of benzene rings is 3. The highest BCUT2D eigenvalue weighted by Crippen LogP contribution is 2.41. The molecule has 0 saturated heterocycles. The Morgan fingerprint density at radius 3 is 2.07 bits per heavy atom. The predicted molar refractivity (Wildman–Crippen MR) is 121 cm³/mol. The van der Waals surface area contributed by atoms with E-state index in [2.05, 4.69) is 10.6 Å². The molecule has 0 radical (unpaired) electrons. The van der Waals surface area contributed by atoms with Gasteiger partial charge in [-0.2, -0.15) is 0 Å². The van der Waals surface area contributed by atoms with Gasteiger partial charge in [0.1, 0.15) is 5.75 Å². The Balaban J connectivity index is 1.70. The van der Waals surface area contributed by atoms with E-state index in [-0.39, 0.29) is 43.0 Å². The zero-order chi connectivity index (χ0) is 21.7. The number of halogens is 4. The van der Waals surface area contributed by atoms with Gasteiger partial charge in [0.25, 0.3) is 11.8 Å². The Morgan fingerprint density at radius 2 is 1.40 bits per heavy atom. The average Bonchev–Trinajstić information content (AvgIpc) is 2.75. The van der Waals surface area contributed by atoms with Crippen molar-refractivity contribution >= 4 is 69.6 Å². The standard InChI is InChI=1S/C21H14Cl4N2O3/c22-14-10-15(23)19(25)20(18(14)24)27-17(28)11-30-16-9-5-4-8-13(16)21(29)26-12-6-2-1-3-7-12/h1-10H,11H2,(H,26,29)(H,27,28). The van der Waals surface area contributed by atoms with Gasteiger partial charge in [0, 0.05) is 5.69 Å². The summed E-state index contributed by atoms with van der Waals surface area (Å²) >= 11 is 24.1. The molecule has 9 heteroatoms. The van der Waals surface area contributed by atoms with Gasteiger partial charge >= 0.3 is 0 Å². The van der Waals surface area contributed by atoms with E-state index < -0.39 is 12.5 Å². The Bertz CT molecular complexity index is 1060. The van der Waals surface area contributed by atoms with Gasteiger partial charge in [0.05, 0.1) is 31.3 Å².